The van der Waals surface area contributed by atoms with Gasteiger partial charge in [-0.3, -0.25) is 18.7 Å². The lowest BCUT2D eigenvalue weighted by Gasteiger charge is -2.10. The minimum atomic E-state index is -0.451. The lowest BCUT2D eigenvalue weighted by molar-refractivity contribution is -0.141. The van der Waals surface area contributed by atoms with E-state index in [-0.39, 0.29) is 12.4 Å². The number of hydrogen-bond donors (Lipinski definition) is 0. The summed E-state index contributed by atoms with van der Waals surface area (Å²) in [4.78, 5) is 36.1. The molecule has 0 aliphatic carbocycles. The first kappa shape index (κ1) is 17.6. The van der Waals surface area contributed by atoms with Crippen LogP contribution < -0.4 is 11.2 Å². The first-order valence-corrected chi connectivity index (χ1v) is 8.46. The van der Waals surface area contributed by atoms with Crippen molar-refractivity contribution in [1.29, 1.82) is 0 Å². The molecule has 6 nitrogen and oxygen atoms in total. The highest BCUT2D eigenvalue weighted by atomic mass is 79.9. The van der Waals surface area contributed by atoms with Crippen molar-refractivity contribution < 1.29 is 9.53 Å². The number of rotatable bonds is 5. The molecule has 0 amide bonds. The fraction of sp³-hybridized carbons (Fsp3) is 0.267. The van der Waals surface area contributed by atoms with Gasteiger partial charge in [-0.15, -0.1) is 11.8 Å². The molecule has 1 aromatic carbocycles. The zero-order valence-electron chi connectivity index (χ0n) is 12.6. The van der Waals surface area contributed by atoms with Gasteiger partial charge in [0.1, 0.15) is 6.61 Å². The molecule has 1 heterocycles. The number of hydrogen-bond acceptors (Lipinski definition) is 5. The van der Waals surface area contributed by atoms with Crippen LogP contribution in [0.3, 0.4) is 0 Å². The fourth-order valence-corrected chi connectivity index (χ4v) is 2.75. The summed E-state index contributed by atoms with van der Waals surface area (Å²) in [6, 6.07) is 8.86. The molecular weight excluding hydrogens is 384 g/mol. The molecule has 1 aromatic heterocycles. The Balaban J connectivity index is 1.93. The molecule has 0 N–H and O–H groups in total. The monoisotopic (exact) mass is 398 g/mol. The molecule has 0 aliphatic heterocycles. The summed E-state index contributed by atoms with van der Waals surface area (Å²) in [5.41, 5.74) is -0.517. The standard InChI is InChI=1S/C15H15BrN2O4S/c1-17-11(7-13(19)18(2)15(17)21)8-22-14(20)9-23-12-5-3-10(16)4-6-12/h3-7H,8-9H2,1-2H3. The lowest BCUT2D eigenvalue weighted by atomic mass is 10.4. The Morgan fingerprint density at radius 3 is 2.48 bits per heavy atom. The van der Waals surface area contributed by atoms with Gasteiger partial charge in [-0.25, -0.2) is 4.79 Å². The average Bonchev–Trinajstić information content (AvgIpc) is 2.54. The third-order valence-corrected chi connectivity index (χ3v) is 4.69. The fourth-order valence-electron chi connectivity index (χ4n) is 1.79. The second kappa shape index (κ2) is 7.65. The van der Waals surface area contributed by atoms with Gasteiger partial charge in [0.25, 0.3) is 5.56 Å². The van der Waals surface area contributed by atoms with Crippen LogP contribution in [-0.2, 0) is 30.2 Å². The van der Waals surface area contributed by atoms with Gasteiger partial charge in [0, 0.05) is 29.5 Å². The molecule has 0 fully saturated rings. The van der Waals surface area contributed by atoms with Crippen LogP contribution >= 0.6 is 27.7 Å². The van der Waals surface area contributed by atoms with Gasteiger partial charge in [-0.2, -0.15) is 0 Å². The average molecular weight is 399 g/mol. The molecule has 0 spiro atoms. The van der Waals surface area contributed by atoms with Gasteiger partial charge >= 0.3 is 11.7 Å². The molecule has 0 saturated carbocycles. The largest absolute Gasteiger partial charge is 0.459 e. The van der Waals surface area contributed by atoms with Crippen molar-refractivity contribution in [3.05, 3.63) is 61.3 Å². The Morgan fingerprint density at radius 1 is 1.17 bits per heavy atom. The Bertz CT molecular complexity index is 827. The molecule has 23 heavy (non-hydrogen) atoms. The number of esters is 1. The van der Waals surface area contributed by atoms with Crippen LogP contribution in [0.2, 0.25) is 0 Å². The molecule has 0 radical (unpaired) electrons. The number of carbonyl (C=O) groups excluding carboxylic acids is 1. The summed E-state index contributed by atoms with van der Waals surface area (Å²) >= 11 is 4.70. The van der Waals surface area contributed by atoms with E-state index < -0.39 is 17.2 Å². The predicted octanol–water partition coefficient (Wildman–Crippen LogP) is 1.68. The van der Waals surface area contributed by atoms with Crippen LogP contribution in [0.4, 0.5) is 0 Å². The highest BCUT2D eigenvalue weighted by molar-refractivity contribution is 9.10. The van der Waals surface area contributed by atoms with E-state index in [4.69, 9.17) is 4.74 Å². The van der Waals surface area contributed by atoms with Crippen LogP contribution in [-0.4, -0.2) is 20.9 Å². The van der Waals surface area contributed by atoms with Crippen LogP contribution in [0.25, 0.3) is 0 Å². The highest BCUT2D eigenvalue weighted by Gasteiger charge is 2.09. The zero-order chi connectivity index (χ0) is 17.0. The maximum absolute atomic E-state index is 11.8. The van der Waals surface area contributed by atoms with Crippen molar-refractivity contribution in [2.24, 2.45) is 14.1 Å². The van der Waals surface area contributed by atoms with Gasteiger partial charge in [0.05, 0.1) is 11.4 Å². The van der Waals surface area contributed by atoms with Crippen LogP contribution in [0.5, 0.6) is 0 Å². The van der Waals surface area contributed by atoms with E-state index in [0.717, 1.165) is 13.9 Å². The van der Waals surface area contributed by atoms with E-state index in [9.17, 15) is 14.4 Å². The van der Waals surface area contributed by atoms with E-state index in [2.05, 4.69) is 15.9 Å². The minimum Gasteiger partial charge on any atom is -0.459 e. The van der Waals surface area contributed by atoms with Crippen molar-refractivity contribution in [2.45, 2.75) is 11.5 Å². The maximum Gasteiger partial charge on any atom is 0.330 e. The molecule has 0 bridgehead atoms. The number of aromatic nitrogens is 2. The topological polar surface area (TPSA) is 70.3 Å². The van der Waals surface area contributed by atoms with E-state index in [1.807, 2.05) is 24.3 Å². The molecule has 0 saturated heterocycles. The Hall–Kier alpha value is -1.80. The quantitative estimate of drug-likeness (QED) is 0.565. The number of benzene rings is 1. The lowest BCUT2D eigenvalue weighted by Crippen LogP contribution is -2.38. The smallest absolute Gasteiger partial charge is 0.330 e. The molecule has 0 aliphatic rings. The summed E-state index contributed by atoms with van der Waals surface area (Å²) in [6.45, 7) is -0.110. The Kier molecular flexibility index (Phi) is 5.84. The molecular formula is C15H15BrN2O4S. The number of ether oxygens (including phenoxy) is 1. The van der Waals surface area contributed by atoms with Crippen molar-refractivity contribution in [3.63, 3.8) is 0 Å². The molecule has 122 valence electrons. The van der Waals surface area contributed by atoms with Crippen LogP contribution in [0.15, 0.2) is 49.3 Å². The third kappa shape index (κ3) is 4.59. The van der Waals surface area contributed by atoms with Gasteiger partial charge in [0.15, 0.2) is 0 Å². The maximum atomic E-state index is 11.8. The second-order valence-electron chi connectivity index (χ2n) is 4.78. The van der Waals surface area contributed by atoms with Gasteiger partial charge < -0.3 is 4.74 Å². The normalized spacial score (nSPS) is 10.6. The number of nitrogens with zero attached hydrogens (tertiary/aromatic N) is 2. The second-order valence-corrected chi connectivity index (χ2v) is 6.74. The molecule has 2 aromatic rings. The number of carbonyl (C=O) groups is 1. The van der Waals surface area contributed by atoms with Crippen molar-refractivity contribution in [1.82, 2.24) is 9.13 Å². The zero-order valence-corrected chi connectivity index (χ0v) is 15.0. The SMILES string of the molecule is Cn1c(COC(=O)CSc2ccc(Br)cc2)cc(=O)n(C)c1=O. The Morgan fingerprint density at radius 2 is 1.83 bits per heavy atom. The highest BCUT2D eigenvalue weighted by Crippen LogP contribution is 2.20. The molecule has 2 rings (SSSR count). The summed E-state index contributed by atoms with van der Waals surface area (Å²) in [6.07, 6.45) is 0. The summed E-state index contributed by atoms with van der Waals surface area (Å²) in [7, 11) is 2.93. The van der Waals surface area contributed by atoms with Crippen molar-refractivity contribution >= 4 is 33.7 Å². The first-order chi connectivity index (χ1) is 10.9. The predicted molar refractivity (Wildman–Crippen MR) is 91.6 cm³/mol. The summed E-state index contributed by atoms with van der Waals surface area (Å²) < 4.78 is 8.38. The molecule has 8 heteroatoms. The summed E-state index contributed by atoms with van der Waals surface area (Å²) in [5, 5.41) is 0. The molecule has 0 unspecified atom stereocenters. The Labute approximate surface area is 145 Å². The van der Waals surface area contributed by atoms with E-state index in [1.165, 1.54) is 36.5 Å². The van der Waals surface area contributed by atoms with Crippen molar-refractivity contribution in [3.8, 4) is 0 Å². The van der Waals surface area contributed by atoms with Crippen LogP contribution in [0, 0.1) is 0 Å². The van der Waals surface area contributed by atoms with E-state index in [1.54, 1.807) is 0 Å². The number of halogens is 1. The number of thioether (sulfide) groups is 1. The first-order valence-electron chi connectivity index (χ1n) is 6.68. The van der Waals surface area contributed by atoms with Gasteiger partial charge in [-0.05, 0) is 24.3 Å². The van der Waals surface area contributed by atoms with Crippen molar-refractivity contribution in [2.75, 3.05) is 5.75 Å². The minimum absolute atomic E-state index is 0.110. The van der Waals surface area contributed by atoms with Gasteiger partial charge in [-0.1, -0.05) is 15.9 Å². The third-order valence-electron chi connectivity index (χ3n) is 3.18. The van der Waals surface area contributed by atoms with E-state index in [0.29, 0.717) is 5.69 Å². The van der Waals surface area contributed by atoms with E-state index >= 15 is 0 Å². The van der Waals surface area contributed by atoms with Gasteiger partial charge in [0.2, 0.25) is 0 Å². The molecule has 0 atom stereocenters. The van der Waals surface area contributed by atoms with Crippen LogP contribution in [0.1, 0.15) is 5.69 Å². The summed E-state index contributed by atoms with van der Waals surface area (Å²) in [5.74, 6) is -0.258.